The molecule has 82 valence electrons. The van der Waals surface area contributed by atoms with E-state index in [0.29, 0.717) is 16.9 Å². The zero-order valence-corrected chi connectivity index (χ0v) is 8.37. The van der Waals surface area contributed by atoms with E-state index >= 15 is 0 Å². The van der Waals surface area contributed by atoms with Crippen molar-refractivity contribution in [3.63, 3.8) is 0 Å². The minimum Gasteiger partial charge on any atom is -0.597 e. The van der Waals surface area contributed by atoms with E-state index < -0.39 is 0 Å². The van der Waals surface area contributed by atoms with Crippen molar-refractivity contribution < 1.29 is 4.85 Å². The molecule has 0 saturated carbocycles. The molecule has 1 aromatic carbocycles. The Balaban J connectivity index is 3.45. The Morgan fingerprint density at radius 1 is 1.07 bits per heavy atom. The number of nitrogens with zero attached hydrogens (tertiary/aromatic N) is 1. The van der Waals surface area contributed by atoms with Gasteiger partial charge in [0.2, 0.25) is 0 Å². The fourth-order valence-electron chi connectivity index (χ4n) is 1.21. The lowest BCUT2D eigenvalue weighted by Gasteiger charge is -2.16. The van der Waals surface area contributed by atoms with Gasteiger partial charge in [-0.1, -0.05) is 4.85 Å². The highest BCUT2D eigenvalue weighted by Gasteiger charge is 2.16. The van der Waals surface area contributed by atoms with E-state index in [4.69, 9.17) is 22.9 Å². The number of hydrogen-bond donors (Lipinski definition) is 5. The molecule has 0 aliphatic rings. The predicted octanol–water partition coefficient (Wildman–Crippen LogP) is -0.138. The number of nitrogen functional groups attached to an aromatic ring is 4. The van der Waals surface area contributed by atoms with Gasteiger partial charge in [0.15, 0.2) is 6.72 Å². The van der Waals surface area contributed by atoms with Gasteiger partial charge in [-0.15, -0.1) is 0 Å². The Morgan fingerprint density at radius 3 is 1.80 bits per heavy atom. The predicted molar refractivity (Wildman–Crippen MR) is 63.2 cm³/mol. The summed E-state index contributed by atoms with van der Waals surface area (Å²) in [7, 11) is 0. The minimum atomic E-state index is 0.181. The summed E-state index contributed by atoms with van der Waals surface area (Å²) in [5, 5.41) is 10.7. The molecular formula is C8H14N6O. The van der Waals surface area contributed by atoms with Crippen LogP contribution in [0.4, 0.5) is 28.4 Å². The maximum absolute atomic E-state index is 10.7. The highest BCUT2D eigenvalue weighted by atomic mass is 16.5. The Kier molecular flexibility index (Phi) is 2.47. The first kappa shape index (κ1) is 10.8. The molecule has 7 heteroatoms. The summed E-state index contributed by atoms with van der Waals surface area (Å²) in [6, 6.07) is 0. The lowest BCUT2D eigenvalue weighted by atomic mass is 10.1. The molecule has 0 unspecified atom stereocenters. The molecule has 0 amide bonds. The molecule has 0 bridgehead atoms. The Morgan fingerprint density at radius 2 is 1.47 bits per heavy atom. The molecule has 15 heavy (non-hydrogen) atoms. The smallest absolute Gasteiger partial charge is 0.172 e. The Hall–Kier alpha value is -2.31. The van der Waals surface area contributed by atoms with Crippen LogP contribution in [0.1, 0.15) is 5.56 Å². The molecule has 7 nitrogen and oxygen atoms in total. The zero-order valence-electron chi connectivity index (χ0n) is 8.37. The molecule has 0 aliphatic carbocycles. The van der Waals surface area contributed by atoms with Gasteiger partial charge in [0, 0.05) is 0 Å². The van der Waals surface area contributed by atoms with E-state index in [1.54, 1.807) is 6.92 Å². The van der Waals surface area contributed by atoms with E-state index in [0.717, 1.165) is 0 Å². The number of rotatable bonds is 2. The summed E-state index contributed by atoms with van der Waals surface area (Å²) >= 11 is 0. The van der Waals surface area contributed by atoms with Crippen LogP contribution >= 0.6 is 0 Å². The third-order valence-corrected chi connectivity index (χ3v) is 2.16. The van der Waals surface area contributed by atoms with Gasteiger partial charge in [-0.05, 0) is 12.5 Å². The summed E-state index contributed by atoms with van der Waals surface area (Å²) in [5.41, 5.74) is 26.8. The molecule has 0 heterocycles. The first-order valence-corrected chi connectivity index (χ1v) is 4.13. The number of nitrogens with two attached hydrogens (primary N) is 4. The first-order valence-electron chi connectivity index (χ1n) is 4.13. The van der Waals surface area contributed by atoms with Crippen molar-refractivity contribution in [2.45, 2.75) is 6.92 Å². The van der Waals surface area contributed by atoms with Crippen LogP contribution in [0.2, 0.25) is 0 Å². The summed E-state index contributed by atoms with van der Waals surface area (Å²) < 4.78 is 0. The van der Waals surface area contributed by atoms with Crippen LogP contribution in [0.15, 0.2) is 0 Å². The van der Waals surface area contributed by atoms with Crippen molar-refractivity contribution in [2.24, 2.45) is 0 Å². The molecule has 0 aliphatic heterocycles. The van der Waals surface area contributed by atoms with Gasteiger partial charge in [0.1, 0.15) is 5.69 Å². The van der Waals surface area contributed by atoms with Crippen molar-refractivity contribution in [1.29, 1.82) is 0 Å². The largest absolute Gasteiger partial charge is 0.597 e. The molecule has 1 aromatic rings. The maximum atomic E-state index is 10.7. The normalized spacial score (nSPS) is 9.93. The highest BCUT2D eigenvalue weighted by molar-refractivity contribution is 5.96. The first-order chi connectivity index (χ1) is 6.86. The van der Waals surface area contributed by atoms with Gasteiger partial charge in [-0.3, -0.25) is 0 Å². The maximum Gasteiger partial charge on any atom is 0.172 e. The number of hydrazine groups is 1. The average Bonchev–Trinajstić information content (AvgIpc) is 2.18. The van der Waals surface area contributed by atoms with Crippen LogP contribution in [0, 0.1) is 12.1 Å². The SMILES string of the molecule is C=[N+]([O-])Nc1c(N)c(N)c(C)c(N)c1N. The second-order valence-electron chi connectivity index (χ2n) is 3.15. The lowest BCUT2D eigenvalue weighted by Crippen LogP contribution is -2.16. The molecule has 9 N–H and O–H groups in total. The van der Waals surface area contributed by atoms with Gasteiger partial charge < -0.3 is 28.1 Å². The fraction of sp³-hybridized carbons (Fsp3) is 0.125. The van der Waals surface area contributed by atoms with Crippen LogP contribution in [-0.4, -0.2) is 11.6 Å². The van der Waals surface area contributed by atoms with Crippen LogP contribution in [0.25, 0.3) is 0 Å². The van der Waals surface area contributed by atoms with Gasteiger partial charge >= 0.3 is 0 Å². The minimum absolute atomic E-state index is 0.181. The van der Waals surface area contributed by atoms with Gasteiger partial charge in [0.25, 0.3) is 0 Å². The Labute approximate surface area is 86.9 Å². The van der Waals surface area contributed by atoms with Gasteiger partial charge in [-0.25, -0.2) is 0 Å². The van der Waals surface area contributed by atoms with Crippen molar-refractivity contribution >= 4 is 35.2 Å². The average molecular weight is 210 g/mol. The fourth-order valence-corrected chi connectivity index (χ4v) is 1.21. The van der Waals surface area contributed by atoms with E-state index in [2.05, 4.69) is 12.1 Å². The summed E-state index contributed by atoms with van der Waals surface area (Å²) in [4.78, 5) is 0.219. The highest BCUT2D eigenvalue weighted by Crippen LogP contribution is 2.39. The summed E-state index contributed by atoms with van der Waals surface area (Å²) in [6.45, 7) is 4.77. The molecular weight excluding hydrogens is 196 g/mol. The van der Waals surface area contributed by atoms with Crippen LogP contribution < -0.4 is 28.4 Å². The molecule has 0 saturated heterocycles. The second-order valence-corrected chi connectivity index (χ2v) is 3.15. The number of anilines is 5. The number of hydrogen-bond acceptors (Lipinski definition) is 6. The quantitative estimate of drug-likeness (QED) is 0.151. The van der Waals surface area contributed by atoms with E-state index in [1.165, 1.54) is 0 Å². The van der Waals surface area contributed by atoms with Crippen molar-refractivity contribution in [3.8, 4) is 0 Å². The van der Waals surface area contributed by atoms with Crippen molar-refractivity contribution in [2.75, 3.05) is 28.4 Å². The monoisotopic (exact) mass is 210 g/mol. The molecule has 0 radical (unpaired) electrons. The number of nitrogens with one attached hydrogen (secondary N) is 1. The topological polar surface area (TPSA) is 142 Å². The second kappa shape index (κ2) is 3.45. The summed E-state index contributed by atoms with van der Waals surface area (Å²) in [6.07, 6.45) is 0. The van der Waals surface area contributed by atoms with E-state index in [-0.39, 0.29) is 21.9 Å². The van der Waals surface area contributed by atoms with Crippen LogP contribution in [0.3, 0.4) is 0 Å². The third-order valence-electron chi connectivity index (χ3n) is 2.16. The van der Waals surface area contributed by atoms with Gasteiger partial charge in [-0.2, -0.15) is 5.43 Å². The van der Waals surface area contributed by atoms with Crippen LogP contribution in [-0.2, 0) is 0 Å². The third kappa shape index (κ3) is 1.66. The molecule has 0 aromatic heterocycles. The molecule has 0 fully saturated rings. The van der Waals surface area contributed by atoms with E-state index in [9.17, 15) is 5.21 Å². The number of hydrazone groups is 1. The molecule has 0 spiro atoms. The Bertz CT molecular complexity index is 399. The number of benzene rings is 1. The van der Waals surface area contributed by atoms with E-state index in [1.807, 2.05) is 0 Å². The standard InChI is InChI=1S/C8H14N6O/c1-3-4(9)6(11)8(13-14(2)15)7(12)5(3)10/h13H,2,9-12H2,1H3. The van der Waals surface area contributed by atoms with Gasteiger partial charge in [0.05, 0.1) is 22.7 Å². The molecule has 0 atom stereocenters. The molecule has 1 rings (SSSR count). The van der Waals surface area contributed by atoms with Crippen LogP contribution in [0.5, 0.6) is 0 Å². The van der Waals surface area contributed by atoms with Crippen molar-refractivity contribution in [1.82, 2.24) is 0 Å². The zero-order chi connectivity index (χ0) is 11.7. The summed E-state index contributed by atoms with van der Waals surface area (Å²) in [5.74, 6) is 0. The van der Waals surface area contributed by atoms with Crippen molar-refractivity contribution in [3.05, 3.63) is 10.8 Å². The lowest BCUT2D eigenvalue weighted by molar-refractivity contribution is -0.412.